The fraction of sp³-hybridized carbons (Fsp3) is 0.571. The number of hydrogen-bond acceptors (Lipinski definition) is 6. The molecule has 2 aliphatic rings. The van der Waals surface area contributed by atoms with Crippen molar-refractivity contribution < 1.29 is 14.1 Å². The number of piperazine rings is 1. The van der Waals surface area contributed by atoms with Gasteiger partial charge in [-0.05, 0) is 25.0 Å². The van der Waals surface area contributed by atoms with Crippen LogP contribution >= 0.6 is 0 Å². The van der Waals surface area contributed by atoms with E-state index in [1.165, 1.54) is 19.3 Å². The highest BCUT2D eigenvalue weighted by molar-refractivity contribution is 5.78. The second kappa shape index (κ2) is 9.69. The first-order chi connectivity index (χ1) is 14.7. The summed E-state index contributed by atoms with van der Waals surface area (Å²) in [7, 11) is 0. The highest BCUT2D eigenvalue weighted by atomic mass is 16.5. The Bertz CT molecular complexity index is 841. The molecule has 0 bridgehead atoms. The van der Waals surface area contributed by atoms with Crippen LogP contribution in [0.4, 0.5) is 4.79 Å². The Kier molecular flexibility index (Phi) is 6.56. The Labute approximate surface area is 175 Å². The molecule has 0 aromatic carbocycles. The highest BCUT2D eigenvalue weighted by Gasteiger charge is 2.26. The van der Waals surface area contributed by atoms with Crippen LogP contribution in [0.2, 0.25) is 0 Å². The maximum atomic E-state index is 12.5. The number of carbonyl (C=O) groups excluding carboxylic acids is 2. The molecular formula is C21H28N6O3. The van der Waals surface area contributed by atoms with Gasteiger partial charge in [0.05, 0.1) is 0 Å². The summed E-state index contributed by atoms with van der Waals surface area (Å²) in [5, 5.41) is 7.10. The smallest absolute Gasteiger partial charge is 0.317 e. The maximum Gasteiger partial charge on any atom is 0.317 e. The average molecular weight is 412 g/mol. The van der Waals surface area contributed by atoms with Gasteiger partial charge in [-0.15, -0.1) is 0 Å². The van der Waals surface area contributed by atoms with E-state index in [9.17, 15) is 9.59 Å². The summed E-state index contributed by atoms with van der Waals surface area (Å²) >= 11 is 0. The van der Waals surface area contributed by atoms with Crippen molar-refractivity contribution in [3.63, 3.8) is 0 Å². The number of rotatable bonds is 5. The summed E-state index contributed by atoms with van der Waals surface area (Å²) in [5.41, 5.74) is 0.779. The molecule has 2 fully saturated rings. The van der Waals surface area contributed by atoms with Crippen molar-refractivity contribution in [1.29, 1.82) is 0 Å². The molecule has 1 N–H and O–H groups in total. The Balaban J connectivity index is 1.20. The zero-order valence-electron chi connectivity index (χ0n) is 17.1. The average Bonchev–Trinajstić information content (AvgIpc) is 3.28. The van der Waals surface area contributed by atoms with E-state index >= 15 is 0 Å². The van der Waals surface area contributed by atoms with E-state index in [2.05, 4.69) is 20.4 Å². The summed E-state index contributed by atoms with van der Waals surface area (Å²) < 4.78 is 5.26. The van der Waals surface area contributed by atoms with Crippen molar-refractivity contribution >= 4 is 11.9 Å². The number of urea groups is 1. The third-order valence-corrected chi connectivity index (χ3v) is 5.79. The molecule has 3 amide bonds. The van der Waals surface area contributed by atoms with E-state index in [1.54, 1.807) is 12.4 Å². The van der Waals surface area contributed by atoms with Crippen LogP contribution in [0, 0.1) is 0 Å². The van der Waals surface area contributed by atoms with Crippen LogP contribution in [0.3, 0.4) is 0 Å². The Morgan fingerprint density at radius 3 is 2.60 bits per heavy atom. The van der Waals surface area contributed by atoms with Crippen LogP contribution < -0.4 is 5.32 Å². The number of hydrogen-bond donors (Lipinski definition) is 1. The van der Waals surface area contributed by atoms with Crippen LogP contribution in [0.5, 0.6) is 0 Å². The number of nitrogens with one attached hydrogen (secondary N) is 1. The van der Waals surface area contributed by atoms with Crippen LogP contribution in [-0.4, -0.2) is 69.1 Å². The summed E-state index contributed by atoms with van der Waals surface area (Å²) in [6.07, 6.45) is 9.85. The van der Waals surface area contributed by atoms with Gasteiger partial charge in [0.15, 0.2) is 0 Å². The van der Waals surface area contributed by atoms with Gasteiger partial charge in [-0.25, -0.2) is 4.79 Å². The Morgan fingerprint density at radius 2 is 1.87 bits per heavy atom. The second-order valence-corrected chi connectivity index (χ2v) is 7.91. The van der Waals surface area contributed by atoms with Gasteiger partial charge in [-0.3, -0.25) is 9.78 Å². The molecule has 2 aromatic rings. The highest BCUT2D eigenvalue weighted by Crippen LogP contribution is 2.18. The lowest BCUT2D eigenvalue weighted by Crippen LogP contribution is -2.54. The molecule has 0 unspecified atom stereocenters. The molecule has 30 heavy (non-hydrogen) atoms. The lowest BCUT2D eigenvalue weighted by molar-refractivity contribution is -0.132. The monoisotopic (exact) mass is 412 g/mol. The molecule has 1 aliphatic heterocycles. The first-order valence-electron chi connectivity index (χ1n) is 10.8. The number of aromatic nitrogens is 3. The zero-order valence-corrected chi connectivity index (χ0v) is 17.1. The summed E-state index contributed by atoms with van der Waals surface area (Å²) in [6, 6.07) is 3.97. The second-order valence-electron chi connectivity index (χ2n) is 7.91. The SMILES string of the molecule is O=C(CCc1nc(-c2cccnc2)no1)N1CCN(C(=O)NC2CCCCC2)CC1. The Morgan fingerprint density at radius 1 is 1.10 bits per heavy atom. The van der Waals surface area contributed by atoms with Gasteiger partial charge in [-0.1, -0.05) is 24.4 Å². The summed E-state index contributed by atoms with van der Waals surface area (Å²) in [4.78, 5) is 37.0. The molecule has 9 heteroatoms. The van der Waals surface area contributed by atoms with E-state index in [1.807, 2.05) is 21.9 Å². The largest absolute Gasteiger partial charge is 0.339 e. The van der Waals surface area contributed by atoms with E-state index in [-0.39, 0.29) is 11.9 Å². The standard InChI is InChI=1S/C21H28N6O3/c28-19(9-8-18-24-20(25-30-18)16-5-4-10-22-15-16)26-11-13-27(14-12-26)21(29)23-17-6-2-1-3-7-17/h4-5,10,15,17H,1-3,6-9,11-14H2,(H,23,29). The van der Waals surface area contributed by atoms with Crippen molar-refractivity contribution in [1.82, 2.24) is 30.2 Å². The summed E-state index contributed by atoms with van der Waals surface area (Å²) in [5.74, 6) is 0.958. The van der Waals surface area contributed by atoms with Crippen molar-refractivity contribution in [2.24, 2.45) is 0 Å². The number of aryl methyl sites for hydroxylation is 1. The fourth-order valence-corrected chi connectivity index (χ4v) is 4.01. The van der Waals surface area contributed by atoms with Crippen molar-refractivity contribution in [3.05, 3.63) is 30.4 Å². The van der Waals surface area contributed by atoms with E-state index in [0.29, 0.717) is 56.8 Å². The van der Waals surface area contributed by atoms with Crippen molar-refractivity contribution in [2.75, 3.05) is 26.2 Å². The molecule has 1 saturated carbocycles. The normalized spacial score (nSPS) is 17.7. The van der Waals surface area contributed by atoms with Gasteiger partial charge < -0.3 is 19.6 Å². The Hall–Kier alpha value is -2.97. The predicted octanol–water partition coefficient (Wildman–Crippen LogP) is 2.25. The number of amides is 3. The minimum absolute atomic E-state index is 0.00258. The predicted molar refractivity (Wildman–Crippen MR) is 109 cm³/mol. The molecule has 0 atom stereocenters. The molecule has 0 radical (unpaired) electrons. The van der Waals surface area contributed by atoms with E-state index < -0.39 is 0 Å². The van der Waals surface area contributed by atoms with Crippen LogP contribution in [0.25, 0.3) is 11.4 Å². The van der Waals surface area contributed by atoms with E-state index in [0.717, 1.165) is 18.4 Å². The number of nitrogens with zero attached hydrogens (tertiary/aromatic N) is 5. The molecule has 0 spiro atoms. The maximum absolute atomic E-state index is 12.5. The number of pyridine rings is 1. The molecular weight excluding hydrogens is 384 g/mol. The van der Waals surface area contributed by atoms with Gasteiger partial charge in [-0.2, -0.15) is 4.98 Å². The third kappa shape index (κ3) is 5.14. The molecule has 160 valence electrons. The zero-order chi connectivity index (χ0) is 20.8. The lowest BCUT2D eigenvalue weighted by Gasteiger charge is -2.36. The molecule has 3 heterocycles. The summed E-state index contributed by atoms with van der Waals surface area (Å²) in [6.45, 7) is 2.25. The fourth-order valence-electron chi connectivity index (χ4n) is 4.01. The van der Waals surface area contributed by atoms with E-state index in [4.69, 9.17) is 4.52 Å². The van der Waals surface area contributed by atoms with Gasteiger partial charge in [0, 0.05) is 63.0 Å². The van der Waals surface area contributed by atoms with Gasteiger partial charge in [0.25, 0.3) is 0 Å². The molecule has 2 aromatic heterocycles. The van der Waals surface area contributed by atoms with Gasteiger partial charge >= 0.3 is 6.03 Å². The molecule has 1 aliphatic carbocycles. The minimum atomic E-state index is 0.00258. The van der Waals surface area contributed by atoms with Gasteiger partial charge in [0.1, 0.15) is 0 Å². The lowest BCUT2D eigenvalue weighted by atomic mass is 9.96. The minimum Gasteiger partial charge on any atom is -0.339 e. The van der Waals surface area contributed by atoms with Crippen molar-refractivity contribution in [2.45, 2.75) is 51.0 Å². The quantitative estimate of drug-likeness (QED) is 0.808. The molecule has 4 rings (SSSR count). The topological polar surface area (TPSA) is 104 Å². The van der Waals surface area contributed by atoms with Gasteiger partial charge in [0.2, 0.25) is 17.6 Å². The van der Waals surface area contributed by atoms with Crippen LogP contribution in [-0.2, 0) is 11.2 Å². The number of carbonyl (C=O) groups is 2. The third-order valence-electron chi connectivity index (χ3n) is 5.79. The molecule has 9 nitrogen and oxygen atoms in total. The van der Waals surface area contributed by atoms with Crippen molar-refractivity contribution in [3.8, 4) is 11.4 Å². The first kappa shape index (κ1) is 20.3. The molecule has 1 saturated heterocycles. The van der Waals surface area contributed by atoms with Crippen LogP contribution in [0.1, 0.15) is 44.4 Å². The first-order valence-corrected chi connectivity index (χ1v) is 10.8. The van der Waals surface area contributed by atoms with Crippen LogP contribution in [0.15, 0.2) is 29.0 Å².